The first-order valence-corrected chi connectivity index (χ1v) is 5.47. The van der Waals surface area contributed by atoms with Crippen LogP contribution < -0.4 is 11.5 Å². The smallest absolute Gasteiger partial charge is 0.157 e. The third-order valence-corrected chi connectivity index (χ3v) is 3.40. The van der Waals surface area contributed by atoms with Crippen LogP contribution in [-0.4, -0.2) is 0 Å². The summed E-state index contributed by atoms with van der Waals surface area (Å²) in [6.45, 7) is 0.406. The molecule has 0 fully saturated rings. The molecule has 0 radical (unpaired) electrons. The van der Waals surface area contributed by atoms with Gasteiger partial charge in [-0.05, 0) is 24.3 Å². The fourth-order valence-corrected chi connectivity index (χ4v) is 2.30. The lowest BCUT2D eigenvalue weighted by atomic mass is 10.1. The highest BCUT2D eigenvalue weighted by molar-refractivity contribution is 7.15. The van der Waals surface area contributed by atoms with Gasteiger partial charge in [0, 0.05) is 21.9 Å². The maximum Gasteiger partial charge on any atom is 0.157 e. The third kappa shape index (κ3) is 1.79. The molecule has 0 aliphatic heterocycles. The molecular weight excluding hydrogens is 230 g/mol. The van der Waals surface area contributed by atoms with Crippen LogP contribution in [0.5, 0.6) is 0 Å². The Bertz CT molecular complexity index is 523. The van der Waals surface area contributed by atoms with Crippen LogP contribution in [0, 0.1) is 11.6 Å². The number of rotatable bonds is 2. The van der Waals surface area contributed by atoms with Gasteiger partial charge in [0.15, 0.2) is 5.82 Å². The zero-order valence-corrected chi connectivity index (χ0v) is 9.15. The average Bonchev–Trinajstić information content (AvgIpc) is 2.74. The summed E-state index contributed by atoms with van der Waals surface area (Å²) in [6, 6.07) is 6.12. The predicted octanol–water partition coefficient (Wildman–Crippen LogP) is 2.73. The second kappa shape index (κ2) is 4.19. The van der Waals surface area contributed by atoms with Gasteiger partial charge in [0.1, 0.15) is 11.5 Å². The lowest BCUT2D eigenvalue weighted by Crippen LogP contribution is -1.96. The Kier molecular flexibility index (Phi) is 2.89. The van der Waals surface area contributed by atoms with Gasteiger partial charge < -0.3 is 11.5 Å². The van der Waals surface area contributed by atoms with Gasteiger partial charge in [-0.2, -0.15) is 0 Å². The Hall–Kier alpha value is -1.46. The van der Waals surface area contributed by atoms with Crippen molar-refractivity contribution < 1.29 is 8.78 Å². The summed E-state index contributed by atoms with van der Waals surface area (Å²) in [6.07, 6.45) is 0. The minimum Gasteiger partial charge on any atom is -0.394 e. The summed E-state index contributed by atoms with van der Waals surface area (Å²) in [5, 5.41) is 0. The van der Waals surface area contributed by atoms with Gasteiger partial charge in [-0.25, -0.2) is 8.78 Å². The largest absolute Gasteiger partial charge is 0.394 e. The van der Waals surface area contributed by atoms with E-state index in [1.54, 1.807) is 6.07 Å². The van der Waals surface area contributed by atoms with Crippen molar-refractivity contribution in [3.63, 3.8) is 0 Å². The molecule has 0 spiro atoms. The highest BCUT2D eigenvalue weighted by Gasteiger charge is 2.13. The zero-order chi connectivity index (χ0) is 11.7. The fraction of sp³-hybridized carbons (Fsp3) is 0.0909. The maximum absolute atomic E-state index is 13.7. The van der Waals surface area contributed by atoms with Crippen LogP contribution >= 0.6 is 11.3 Å². The van der Waals surface area contributed by atoms with E-state index in [1.165, 1.54) is 17.4 Å². The van der Waals surface area contributed by atoms with Crippen LogP contribution in [0.3, 0.4) is 0 Å². The van der Waals surface area contributed by atoms with Crippen molar-refractivity contribution in [2.75, 3.05) is 5.73 Å². The molecule has 0 aliphatic carbocycles. The third-order valence-electron chi connectivity index (χ3n) is 2.25. The van der Waals surface area contributed by atoms with Gasteiger partial charge in [0.2, 0.25) is 0 Å². The molecule has 5 heteroatoms. The average molecular weight is 240 g/mol. The molecule has 0 bridgehead atoms. The molecule has 2 rings (SSSR count). The lowest BCUT2D eigenvalue weighted by molar-refractivity contribution is 0.594. The molecule has 84 valence electrons. The van der Waals surface area contributed by atoms with E-state index in [0.29, 0.717) is 17.0 Å². The number of thiophene rings is 1. The minimum absolute atomic E-state index is 0.309. The number of nitrogen functional groups attached to an aromatic ring is 1. The topological polar surface area (TPSA) is 52.0 Å². The standard InChI is InChI=1S/C11H10F2N2S/c12-8-3-2-7(10(13)11(8)15)9-4-1-6(5-14)16-9/h1-4H,5,14-15H2. The zero-order valence-electron chi connectivity index (χ0n) is 8.34. The van der Waals surface area contributed by atoms with Gasteiger partial charge in [-0.15, -0.1) is 11.3 Å². The highest BCUT2D eigenvalue weighted by atomic mass is 32.1. The van der Waals surface area contributed by atoms with E-state index < -0.39 is 17.3 Å². The Labute approximate surface area is 95.5 Å². The van der Waals surface area contributed by atoms with Crippen LogP contribution in [0.1, 0.15) is 4.88 Å². The number of halogens is 2. The Morgan fingerprint density at radius 1 is 1.12 bits per heavy atom. The van der Waals surface area contributed by atoms with E-state index in [1.807, 2.05) is 6.07 Å². The van der Waals surface area contributed by atoms with Crippen molar-refractivity contribution in [3.05, 3.63) is 40.8 Å². The molecule has 0 amide bonds. The quantitative estimate of drug-likeness (QED) is 0.793. The number of hydrogen-bond acceptors (Lipinski definition) is 3. The maximum atomic E-state index is 13.7. The minimum atomic E-state index is -0.739. The van der Waals surface area contributed by atoms with Crippen molar-refractivity contribution in [1.82, 2.24) is 0 Å². The van der Waals surface area contributed by atoms with E-state index in [4.69, 9.17) is 11.5 Å². The predicted molar refractivity (Wildman–Crippen MR) is 62.0 cm³/mol. The molecule has 4 N–H and O–H groups in total. The van der Waals surface area contributed by atoms with E-state index in [0.717, 1.165) is 10.9 Å². The number of benzene rings is 1. The highest BCUT2D eigenvalue weighted by Crippen LogP contribution is 2.32. The summed E-state index contributed by atoms with van der Waals surface area (Å²) in [5.74, 6) is -1.46. The molecule has 0 aliphatic rings. The molecular formula is C11H10F2N2S. The molecule has 1 aromatic carbocycles. The summed E-state index contributed by atoms with van der Waals surface area (Å²) < 4.78 is 26.6. The van der Waals surface area contributed by atoms with Crippen LogP contribution in [0.4, 0.5) is 14.5 Å². The van der Waals surface area contributed by atoms with Crippen molar-refractivity contribution in [1.29, 1.82) is 0 Å². The molecule has 16 heavy (non-hydrogen) atoms. The molecule has 0 saturated heterocycles. The first-order valence-electron chi connectivity index (χ1n) is 4.66. The van der Waals surface area contributed by atoms with Crippen molar-refractivity contribution in [2.45, 2.75) is 6.54 Å². The molecule has 2 nitrogen and oxygen atoms in total. The summed E-state index contributed by atoms with van der Waals surface area (Å²) in [5.41, 5.74) is 10.6. The van der Waals surface area contributed by atoms with Crippen LogP contribution in [0.25, 0.3) is 10.4 Å². The van der Waals surface area contributed by atoms with Crippen LogP contribution in [0.2, 0.25) is 0 Å². The number of anilines is 1. The Balaban J connectivity index is 2.52. The summed E-state index contributed by atoms with van der Waals surface area (Å²) in [7, 11) is 0. The monoisotopic (exact) mass is 240 g/mol. The van der Waals surface area contributed by atoms with Gasteiger partial charge >= 0.3 is 0 Å². The van der Waals surface area contributed by atoms with Crippen LogP contribution in [-0.2, 0) is 6.54 Å². The number of hydrogen-bond donors (Lipinski definition) is 2. The van der Waals surface area contributed by atoms with E-state index in [9.17, 15) is 8.78 Å². The van der Waals surface area contributed by atoms with Gasteiger partial charge in [0.05, 0.1) is 0 Å². The van der Waals surface area contributed by atoms with Gasteiger partial charge in [-0.3, -0.25) is 0 Å². The normalized spacial score (nSPS) is 10.7. The molecule has 2 aromatic rings. The van der Waals surface area contributed by atoms with Crippen molar-refractivity contribution in [2.24, 2.45) is 5.73 Å². The van der Waals surface area contributed by atoms with Crippen molar-refractivity contribution in [3.8, 4) is 10.4 Å². The van der Waals surface area contributed by atoms with E-state index >= 15 is 0 Å². The van der Waals surface area contributed by atoms with E-state index in [-0.39, 0.29) is 0 Å². The summed E-state index contributed by atoms with van der Waals surface area (Å²) in [4.78, 5) is 1.64. The van der Waals surface area contributed by atoms with Crippen molar-refractivity contribution >= 4 is 17.0 Å². The Morgan fingerprint density at radius 3 is 2.50 bits per heavy atom. The first kappa shape index (κ1) is 11.0. The second-order valence-corrected chi connectivity index (χ2v) is 4.46. The molecule has 1 aromatic heterocycles. The molecule has 0 saturated carbocycles. The molecule has 0 unspecified atom stereocenters. The van der Waals surface area contributed by atoms with Crippen LogP contribution in [0.15, 0.2) is 24.3 Å². The molecule has 0 atom stereocenters. The Morgan fingerprint density at radius 2 is 1.88 bits per heavy atom. The fourth-order valence-electron chi connectivity index (χ4n) is 1.39. The lowest BCUT2D eigenvalue weighted by Gasteiger charge is -2.03. The first-order chi connectivity index (χ1) is 7.63. The SMILES string of the molecule is NCc1ccc(-c2ccc(F)c(N)c2F)s1. The van der Waals surface area contributed by atoms with E-state index in [2.05, 4.69) is 0 Å². The number of nitrogens with two attached hydrogens (primary N) is 2. The van der Waals surface area contributed by atoms with Gasteiger partial charge in [-0.1, -0.05) is 0 Å². The summed E-state index contributed by atoms with van der Waals surface area (Å²) >= 11 is 1.37. The van der Waals surface area contributed by atoms with Gasteiger partial charge in [0.25, 0.3) is 0 Å². The molecule has 1 heterocycles. The second-order valence-electron chi connectivity index (χ2n) is 3.29.